The molecule has 0 aromatic rings. The first kappa shape index (κ1) is 19.9. The number of ether oxygens (including phenoxy) is 1. The quantitative estimate of drug-likeness (QED) is 0.452. The summed E-state index contributed by atoms with van der Waals surface area (Å²) >= 11 is 0. The lowest BCUT2D eigenvalue weighted by molar-refractivity contribution is 0.0827. The van der Waals surface area contributed by atoms with Crippen LogP contribution in [0, 0.1) is 11.3 Å². The Hall–Kier alpha value is -0.0800. The molecule has 0 fully saturated rings. The van der Waals surface area contributed by atoms with Crippen molar-refractivity contribution in [3.63, 3.8) is 0 Å². The van der Waals surface area contributed by atoms with E-state index in [1.807, 2.05) is 0 Å². The number of rotatable bonds is 14. The fraction of sp³-hybridized carbons (Fsp3) is 1.00. The van der Waals surface area contributed by atoms with Gasteiger partial charge in [0.2, 0.25) is 0 Å². The van der Waals surface area contributed by atoms with Crippen molar-refractivity contribution in [1.82, 2.24) is 5.32 Å². The van der Waals surface area contributed by atoms with E-state index in [1.165, 1.54) is 44.9 Å². The van der Waals surface area contributed by atoms with E-state index < -0.39 is 0 Å². The molecule has 0 aliphatic heterocycles. The van der Waals surface area contributed by atoms with Crippen LogP contribution in [0.25, 0.3) is 0 Å². The van der Waals surface area contributed by atoms with Gasteiger partial charge in [0.1, 0.15) is 0 Å². The van der Waals surface area contributed by atoms with Gasteiger partial charge in [0.05, 0.1) is 0 Å². The molecule has 0 radical (unpaired) electrons. The Morgan fingerprint density at radius 2 is 1.65 bits per heavy atom. The zero-order chi connectivity index (χ0) is 15.3. The molecule has 0 bridgehead atoms. The highest BCUT2D eigenvalue weighted by Gasteiger charge is 2.26. The topological polar surface area (TPSA) is 21.3 Å². The van der Waals surface area contributed by atoms with Crippen LogP contribution < -0.4 is 5.32 Å². The van der Waals surface area contributed by atoms with Gasteiger partial charge < -0.3 is 10.1 Å². The summed E-state index contributed by atoms with van der Waals surface area (Å²) in [6.45, 7) is 15.6. The maximum absolute atomic E-state index is 5.81. The second-order valence-corrected chi connectivity index (χ2v) is 6.70. The summed E-state index contributed by atoms with van der Waals surface area (Å²) in [4.78, 5) is 0. The number of hydrogen-bond acceptors (Lipinski definition) is 2. The van der Waals surface area contributed by atoms with E-state index in [2.05, 4.69) is 39.9 Å². The summed E-state index contributed by atoms with van der Waals surface area (Å²) < 4.78 is 5.81. The molecule has 1 unspecified atom stereocenters. The normalized spacial score (nSPS) is 14.7. The second-order valence-electron chi connectivity index (χ2n) is 6.70. The van der Waals surface area contributed by atoms with Crippen molar-refractivity contribution in [2.45, 2.75) is 79.6 Å². The Labute approximate surface area is 128 Å². The van der Waals surface area contributed by atoms with Gasteiger partial charge in [-0.3, -0.25) is 0 Å². The van der Waals surface area contributed by atoms with Gasteiger partial charge in [0.25, 0.3) is 0 Å². The smallest absolute Gasteiger partial charge is 0.0471 e. The lowest BCUT2D eigenvalue weighted by Crippen LogP contribution is -2.36. The molecule has 0 aromatic heterocycles. The average molecular weight is 286 g/mol. The van der Waals surface area contributed by atoms with Crippen LogP contribution in [0.5, 0.6) is 0 Å². The standard InChI is InChI=1S/C18H39NO/c1-6-9-11-18(8-3,16-19-15-17(4)5)12-14-20-13-10-7-2/h17,19H,6-16H2,1-5H3. The third-order valence-electron chi connectivity index (χ3n) is 4.28. The molecular formula is C18H39NO. The molecule has 2 heteroatoms. The zero-order valence-electron chi connectivity index (χ0n) is 14.8. The van der Waals surface area contributed by atoms with Gasteiger partial charge in [-0.1, -0.05) is 53.9 Å². The van der Waals surface area contributed by atoms with Gasteiger partial charge >= 0.3 is 0 Å². The van der Waals surface area contributed by atoms with Crippen molar-refractivity contribution >= 4 is 0 Å². The Morgan fingerprint density at radius 3 is 2.20 bits per heavy atom. The highest BCUT2D eigenvalue weighted by atomic mass is 16.5. The molecule has 0 saturated carbocycles. The van der Waals surface area contributed by atoms with Crippen LogP contribution in [0.3, 0.4) is 0 Å². The summed E-state index contributed by atoms with van der Waals surface area (Å²) in [5, 5.41) is 3.68. The Kier molecular flexibility index (Phi) is 12.6. The SMILES string of the molecule is CCCCOCCC(CC)(CCCC)CNCC(C)C. The van der Waals surface area contributed by atoms with E-state index in [-0.39, 0.29) is 0 Å². The molecule has 0 aliphatic carbocycles. The van der Waals surface area contributed by atoms with Crippen molar-refractivity contribution in [2.24, 2.45) is 11.3 Å². The monoisotopic (exact) mass is 285 g/mol. The maximum Gasteiger partial charge on any atom is 0.0471 e. The molecule has 0 amide bonds. The fourth-order valence-corrected chi connectivity index (χ4v) is 2.60. The zero-order valence-corrected chi connectivity index (χ0v) is 14.8. The van der Waals surface area contributed by atoms with Crippen molar-refractivity contribution < 1.29 is 4.74 Å². The van der Waals surface area contributed by atoms with Crippen LogP contribution in [0.1, 0.15) is 79.6 Å². The van der Waals surface area contributed by atoms with E-state index in [4.69, 9.17) is 4.74 Å². The molecule has 0 rings (SSSR count). The molecule has 20 heavy (non-hydrogen) atoms. The van der Waals surface area contributed by atoms with Gasteiger partial charge in [-0.2, -0.15) is 0 Å². The molecule has 122 valence electrons. The van der Waals surface area contributed by atoms with E-state index in [0.717, 1.165) is 32.2 Å². The summed E-state index contributed by atoms with van der Waals surface area (Å²) in [6.07, 6.45) is 8.86. The Balaban J connectivity index is 4.19. The van der Waals surface area contributed by atoms with Crippen molar-refractivity contribution in [3.05, 3.63) is 0 Å². The van der Waals surface area contributed by atoms with Crippen molar-refractivity contribution in [2.75, 3.05) is 26.3 Å². The van der Waals surface area contributed by atoms with Gasteiger partial charge in [-0.05, 0) is 43.6 Å². The highest BCUT2D eigenvalue weighted by molar-refractivity contribution is 4.80. The maximum atomic E-state index is 5.81. The van der Waals surface area contributed by atoms with Crippen LogP contribution in [0.2, 0.25) is 0 Å². The van der Waals surface area contributed by atoms with E-state index in [1.54, 1.807) is 0 Å². The first-order valence-corrected chi connectivity index (χ1v) is 8.88. The molecular weight excluding hydrogens is 246 g/mol. The minimum atomic E-state index is 0.442. The third-order valence-corrected chi connectivity index (χ3v) is 4.28. The molecule has 1 atom stereocenters. The Bertz CT molecular complexity index is 206. The van der Waals surface area contributed by atoms with Gasteiger partial charge in [-0.15, -0.1) is 0 Å². The third kappa shape index (κ3) is 9.77. The van der Waals surface area contributed by atoms with E-state index in [0.29, 0.717) is 5.41 Å². The van der Waals surface area contributed by atoms with Crippen molar-refractivity contribution in [3.8, 4) is 0 Å². The summed E-state index contributed by atoms with van der Waals surface area (Å²) in [7, 11) is 0. The van der Waals surface area contributed by atoms with Crippen LogP contribution in [0.4, 0.5) is 0 Å². The van der Waals surface area contributed by atoms with E-state index in [9.17, 15) is 0 Å². The highest BCUT2D eigenvalue weighted by Crippen LogP contribution is 2.32. The fourth-order valence-electron chi connectivity index (χ4n) is 2.60. The average Bonchev–Trinajstić information content (AvgIpc) is 2.43. The predicted molar refractivity (Wildman–Crippen MR) is 90.3 cm³/mol. The number of nitrogens with one attached hydrogen (secondary N) is 1. The summed E-state index contributed by atoms with van der Waals surface area (Å²) in [5.74, 6) is 0.733. The molecule has 1 N–H and O–H groups in total. The lowest BCUT2D eigenvalue weighted by atomic mass is 9.77. The lowest BCUT2D eigenvalue weighted by Gasteiger charge is -2.34. The number of hydrogen-bond donors (Lipinski definition) is 1. The predicted octanol–water partition coefficient (Wildman–Crippen LogP) is 5.03. The minimum Gasteiger partial charge on any atom is -0.381 e. The van der Waals surface area contributed by atoms with Crippen LogP contribution >= 0.6 is 0 Å². The van der Waals surface area contributed by atoms with Gasteiger partial charge in [-0.25, -0.2) is 0 Å². The van der Waals surface area contributed by atoms with Gasteiger partial charge in [0, 0.05) is 19.8 Å². The second kappa shape index (κ2) is 12.6. The molecule has 0 spiro atoms. The summed E-state index contributed by atoms with van der Waals surface area (Å²) in [5.41, 5.74) is 0.442. The molecule has 0 aliphatic rings. The van der Waals surface area contributed by atoms with Crippen LogP contribution in [-0.4, -0.2) is 26.3 Å². The van der Waals surface area contributed by atoms with Crippen LogP contribution in [0.15, 0.2) is 0 Å². The van der Waals surface area contributed by atoms with Crippen LogP contribution in [-0.2, 0) is 4.74 Å². The van der Waals surface area contributed by atoms with Gasteiger partial charge in [0.15, 0.2) is 0 Å². The van der Waals surface area contributed by atoms with E-state index >= 15 is 0 Å². The molecule has 0 aromatic carbocycles. The number of unbranched alkanes of at least 4 members (excludes halogenated alkanes) is 2. The molecule has 2 nitrogen and oxygen atoms in total. The van der Waals surface area contributed by atoms with Crippen molar-refractivity contribution in [1.29, 1.82) is 0 Å². The summed E-state index contributed by atoms with van der Waals surface area (Å²) in [6, 6.07) is 0. The molecule has 0 saturated heterocycles. The first-order valence-electron chi connectivity index (χ1n) is 8.88. The molecule has 0 heterocycles. The first-order chi connectivity index (χ1) is 9.60. The Morgan fingerprint density at radius 1 is 0.950 bits per heavy atom. The minimum absolute atomic E-state index is 0.442. The largest absolute Gasteiger partial charge is 0.381 e.